The van der Waals surface area contributed by atoms with Gasteiger partial charge in [0.25, 0.3) is 0 Å². The van der Waals surface area contributed by atoms with Crippen molar-refractivity contribution in [1.82, 2.24) is 19.6 Å². The van der Waals surface area contributed by atoms with Crippen LogP contribution in [0.4, 0.5) is 51.3 Å². The Morgan fingerprint density at radius 1 is 0.634 bits per heavy atom. The van der Waals surface area contributed by atoms with E-state index in [9.17, 15) is 49.5 Å². The highest BCUT2D eigenvalue weighted by atomic mass is 35.5. The van der Waals surface area contributed by atoms with Crippen molar-refractivity contribution in [2.75, 3.05) is 63.7 Å². The van der Waals surface area contributed by atoms with E-state index in [0.29, 0.717) is 65.7 Å². The maximum Gasteiger partial charge on any atom is 0.573 e. The third kappa shape index (κ3) is 14.5. The van der Waals surface area contributed by atoms with Crippen molar-refractivity contribution in [2.45, 2.75) is 50.0 Å². The van der Waals surface area contributed by atoms with Gasteiger partial charge < -0.3 is 45.5 Å². The number of carbonyl (C=O) groups excluding carboxylic acids is 3. The van der Waals surface area contributed by atoms with Crippen LogP contribution >= 0.6 is 23.2 Å². The normalized spacial score (nSPS) is 20.6. The van der Waals surface area contributed by atoms with Crippen molar-refractivity contribution >= 4 is 64.6 Å². The van der Waals surface area contributed by atoms with E-state index in [-0.39, 0.29) is 75.1 Å². The van der Waals surface area contributed by atoms with Gasteiger partial charge in [0, 0.05) is 68.2 Å². The quantitative estimate of drug-likeness (QED) is 0.0760. The maximum atomic E-state index is 13.2. The summed E-state index contributed by atoms with van der Waals surface area (Å²) in [6.45, 7) is 4.74. The zero-order valence-corrected chi connectivity index (χ0v) is 38.7. The van der Waals surface area contributed by atoms with E-state index in [2.05, 4.69) is 24.6 Å². The second-order valence-corrected chi connectivity index (χ2v) is 17.7. The molecular formula is C47H45Cl2F8N7O7. The molecule has 4 aliphatic rings. The number of primary amides is 1. The molecule has 4 aliphatic heterocycles. The SMILES string of the molecule is NC(=O)Nc1cc(Cl)c(OC(F)(F)F)cc1/C=C/C(=O)N1C2COCC1CN(Cc1ccc(F)cc1)C2.Nc1cc(Cl)c(OC(F)(F)F)cc1/C=C/C(=O)N1C2COCC1CN(Cc1ccc(F)cc1)C2. The van der Waals surface area contributed by atoms with Crippen LogP contribution in [0.25, 0.3) is 12.2 Å². The lowest BCUT2D eigenvalue weighted by molar-refractivity contribution is -0.275. The molecule has 0 spiro atoms. The summed E-state index contributed by atoms with van der Waals surface area (Å²) in [6.07, 6.45) is -4.83. The molecule has 4 amide bonds. The van der Waals surface area contributed by atoms with Gasteiger partial charge in [-0.2, -0.15) is 0 Å². The van der Waals surface area contributed by atoms with Crippen molar-refractivity contribution in [2.24, 2.45) is 5.73 Å². The number of anilines is 2. The predicted octanol–water partition coefficient (Wildman–Crippen LogP) is 8.08. The van der Waals surface area contributed by atoms with Gasteiger partial charge in [0.05, 0.1) is 66.3 Å². The Labute approximate surface area is 411 Å². The van der Waals surface area contributed by atoms with E-state index in [1.54, 1.807) is 34.1 Å². The maximum absolute atomic E-state index is 13.2. The van der Waals surface area contributed by atoms with Gasteiger partial charge in [0.1, 0.15) is 23.1 Å². The van der Waals surface area contributed by atoms with Crippen molar-refractivity contribution in [3.8, 4) is 11.5 Å². The fourth-order valence-corrected chi connectivity index (χ4v) is 9.17. The zero-order chi connectivity index (χ0) is 51.2. The number of carbonyl (C=O) groups is 3. The van der Waals surface area contributed by atoms with Crippen LogP contribution in [-0.4, -0.2) is 127 Å². The standard InChI is InChI=1S/C24H23ClF4N4O4.C23H22ClF4N3O3/c25-19-8-20(31-23(30)35)15(7-21(19)37-24(27,28)29)3-6-22(34)33-17-10-32(11-18(33)13-36-12-17)9-14-1-4-16(26)5-2-14;24-19-8-20(29)15(7-21(19)34-23(26,27)28)3-6-22(32)31-17-10-30(11-18(31)13-33-12-17)9-14-1-4-16(25)5-2-14/h1-8,17-18H,9-13H2,(H3,30,31,35);1-8,17-18H,9-13,29H2/b2*6-3+. The van der Waals surface area contributed by atoms with Gasteiger partial charge in [0.15, 0.2) is 0 Å². The van der Waals surface area contributed by atoms with Crippen LogP contribution in [-0.2, 0) is 32.2 Å². The summed E-state index contributed by atoms with van der Waals surface area (Å²) in [7, 11) is 0. The van der Waals surface area contributed by atoms with Crippen molar-refractivity contribution in [3.63, 3.8) is 0 Å². The molecule has 0 saturated carbocycles. The number of hydrogen-bond acceptors (Lipinski definition) is 10. The molecule has 0 aromatic heterocycles. The lowest BCUT2D eigenvalue weighted by Crippen LogP contribution is -2.65. The molecule has 14 nitrogen and oxygen atoms in total. The first-order valence-corrected chi connectivity index (χ1v) is 22.4. The monoisotopic (exact) mass is 1040 g/mol. The van der Waals surface area contributed by atoms with E-state index in [1.807, 2.05) is 0 Å². The molecule has 4 fully saturated rings. The Morgan fingerprint density at radius 2 is 1.01 bits per heavy atom. The predicted molar refractivity (Wildman–Crippen MR) is 246 cm³/mol. The summed E-state index contributed by atoms with van der Waals surface area (Å²) in [6, 6.07) is 14.8. The molecule has 4 unspecified atom stereocenters. The number of rotatable bonds is 11. The van der Waals surface area contributed by atoms with E-state index in [1.165, 1.54) is 48.6 Å². The molecule has 4 saturated heterocycles. The average molecular weight is 1040 g/mol. The minimum absolute atomic E-state index is 0.00344. The molecule has 24 heteroatoms. The molecule has 71 heavy (non-hydrogen) atoms. The Bertz CT molecular complexity index is 2600. The van der Waals surface area contributed by atoms with Crippen LogP contribution in [0.1, 0.15) is 22.3 Å². The fraction of sp³-hybridized carbons (Fsp3) is 0.340. The van der Waals surface area contributed by atoms with E-state index < -0.39 is 35.3 Å². The van der Waals surface area contributed by atoms with Gasteiger partial charge in [-0.15, -0.1) is 26.3 Å². The number of urea groups is 1. The number of piperazine rings is 2. The van der Waals surface area contributed by atoms with E-state index in [0.717, 1.165) is 35.4 Å². The number of fused-ring (bicyclic) bond motifs is 4. The minimum Gasteiger partial charge on any atom is -0.404 e. The number of nitrogens with zero attached hydrogens (tertiary/aromatic N) is 4. The highest BCUT2D eigenvalue weighted by Crippen LogP contribution is 2.37. The number of benzene rings is 4. The first-order chi connectivity index (χ1) is 33.6. The van der Waals surface area contributed by atoms with Gasteiger partial charge >= 0.3 is 18.8 Å². The molecule has 4 atom stereocenters. The lowest BCUT2D eigenvalue weighted by atomic mass is 10.0. The number of alkyl halides is 6. The Morgan fingerprint density at radius 3 is 1.41 bits per heavy atom. The Balaban J connectivity index is 0.000000209. The van der Waals surface area contributed by atoms with Gasteiger partial charge in [-0.05, 0) is 71.8 Å². The van der Waals surface area contributed by atoms with Crippen LogP contribution in [0.5, 0.6) is 11.5 Å². The van der Waals surface area contributed by atoms with Crippen LogP contribution in [0.15, 0.2) is 84.9 Å². The first kappa shape index (κ1) is 52.6. The number of hydrogen-bond donors (Lipinski definition) is 3. The summed E-state index contributed by atoms with van der Waals surface area (Å²) in [5.74, 6) is -2.59. The van der Waals surface area contributed by atoms with Crippen molar-refractivity contribution in [3.05, 3.63) is 129 Å². The van der Waals surface area contributed by atoms with Gasteiger partial charge in [-0.25, -0.2) is 13.6 Å². The number of nitrogen functional groups attached to an aromatic ring is 1. The van der Waals surface area contributed by atoms with Crippen LogP contribution in [0.2, 0.25) is 10.0 Å². The molecule has 4 aromatic rings. The van der Waals surface area contributed by atoms with Gasteiger partial charge in [0.2, 0.25) is 11.8 Å². The molecule has 380 valence electrons. The summed E-state index contributed by atoms with van der Waals surface area (Å²) in [5.41, 5.74) is 13.2. The third-order valence-corrected chi connectivity index (χ3v) is 12.2. The molecule has 0 radical (unpaired) electrons. The Kier molecular flexibility index (Phi) is 16.7. The second-order valence-electron chi connectivity index (χ2n) is 16.9. The number of nitrogens with one attached hydrogen (secondary N) is 1. The zero-order valence-electron chi connectivity index (χ0n) is 37.2. The molecule has 4 bridgehead atoms. The van der Waals surface area contributed by atoms with Crippen LogP contribution < -0.4 is 26.3 Å². The molecule has 5 N–H and O–H groups in total. The highest BCUT2D eigenvalue weighted by Gasteiger charge is 2.42. The number of amides is 4. The number of morpholine rings is 2. The van der Waals surface area contributed by atoms with Crippen molar-refractivity contribution < 1.29 is 68.5 Å². The van der Waals surface area contributed by atoms with Crippen LogP contribution in [0, 0.1) is 11.6 Å². The second kappa shape index (κ2) is 22.5. The smallest absolute Gasteiger partial charge is 0.404 e. The fourth-order valence-electron chi connectivity index (χ4n) is 8.75. The number of nitrogens with two attached hydrogens (primary N) is 2. The lowest BCUT2D eigenvalue weighted by Gasteiger charge is -2.49. The molecule has 8 rings (SSSR count). The first-order valence-electron chi connectivity index (χ1n) is 21.7. The largest absolute Gasteiger partial charge is 0.573 e. The summed E-state index contributed by atoms with van der Waals surface area (Å²) < 4.78 is 122. The molecule has 4 aromatic carbocycles. The van der Waals surface area contributed by atoms with Crippen molar-refractivity contribution in [1.29, 1.82) is 0 Å². The van der Waals surface area contributed by atoms with E-state index in [4.69, 9.17) is 44.1 Å². The molecule has 0 aliphatic carbocycles. The third-order valence-electron chi connectivity index (χ3n) is 11.6. The number of ether oxygens (including phenoxy) is 4. The minimum atomic E-state index is -5.00. The number of halogens is 10. The highest BCUT2D eigenvalue weighted by molar-refractivity contribution is 6.33. The summed E-state index contributed by atoms with van der Waals surface area (Å²) in [5, 5.41) is 1.57. The average Bonchev–Trinajstić information content (AvgIpc) is 3.27. The summed E-state index contributed by atoms with van der Waals surface area (Å²) >= 11 is 11.7. The van der Waals surface area contributed by atoms with E-state index >= 15 is 0 Å². The van der Waals surface area contributed by atoms with Gasteiger partial charge in [-0.1, -0.05) is 47.5 Å². The summed E-state index contributed by atoms with van der Waals surface area (Å²) in [4.78, 5) is 45.3. The van der Waals surface area contributed by atoms with Gasteiger partial charge in [-0.3, -0.25) is 19.4 Å². The molecule has 4 heterocycles. The topological polar surface area (TPSA) is 165 Å². The Hall–Kier alpha value is -6.17. The molecular weight excluding hydrogens is 997 g/mol. The van der Waals surface area contributed by atoms with Crippen LogP contribution in [0.3, 0.4) is 0 Å².